The second kappa shape index (κ2) is 9.94. The molecule has 0 unspecified atom stereocenters. The highest BCUT2D eigenvalue weighted by atomic mass is 19.4. The molecule has 2 N–H and O–H groups in total. The lowest BCUT2D eigenvalue weighted by molar-refractivity contribution is -0.137. The van der Waals surface area contributed by atoms with Gasteiger partial charge in [-0.15, -0.1) is 0 Å². The molecule has 0 aliphatic rings. The molecule has 1 aromatic heterocycles. The molecule has 32 heavy (non-hydrogen) atoms. The Morgan fingerprint density at radius 2 is 1.81 bits per heavy atom. The Morgan fingerprint density at radius 1 is 1.09 bits per heavy atom. The van der Waals surface area contributed by atoms with E-state index >= 15 is 0 Å². The Morgan fingerprint density at radius 3 is 2.47 bits per heavy atom. The van der Waals surface area contributed by atoms with E-state index in [1.165, 1.54) is 6.07 Å². The second-order valence-electron chi connectivity index (χ2n) is 6.68. The molecule has 0 aliphatic heterocycles. The number of carbonyl (C=O) groups excluding carboxylic acids is 1. The third-order valence-electron chi connectivity index (χ3n) is 4.40. The van der Waals surface area contributed by atoms with Gasteiger partial charge in [-0.05, 0) is 61.0 Å². The van der Waals surface area contributed by atoms with Crippen LogP contribution in [-0.4, -0.2) is 29.1 Å². The van der Waals surface area contributed by atoms with E-state index in [1.54, 1.807) is 42.5 Å². The molecule has 3 aromatic rings. The minimum atomic E-state index is -4.62. The lowest BCUT2D eigenvalue weighted by atomic mass is 10.1. The highest BCUT2D eigenvalue weighted by molar-refractivity contribution is 5.92. The standard InChI is InChI=1S/C23H18F3N3O3/c24-23(25,26)19-10-9-18(13-16(19)14-27)32-17-7-5-15(6-8-17)20-3-1-4-21(29-20)22(31)28-11-2-12-30/h1,3-10,13,30H,2,11-12H2,(H,28,31). The fourth-order valence-electron chi connectivity index (χ4n) is 2.85. The van der Waals surface area contributed by atoms with Crippen LogP contribution in [0.25, 0.3) is 11.3 Å². The smallest absolute Gasteiger partial charge is 0.417 e. The van der Waals surface area contributed by atoms with Crippen molar-refractivity contribution in [3.63, 3.8) is 0 Å². The van der Waals surface area contributed by atoms with Crippen molar-refractivity contribution in [1.82, 2.24) is 10.3 Å². The summed E-state index contributed by atoms with van der Waals surface area (Å²) in [7, 11) is 0. The van der Waals surface area contributed by atoms with Gasteiger partial charge in [0, 0.05) is 18.7 Å². The summed E-state index contributed by atoms with van der Waals surface area (Å²) in [5.41, 5.74) is -0.0614. The zero-order valence-corrected chi connectivity index (χ0v) is 16.7. The minimum absolute atomic E-state index is 0.0214. The molecule has 1 heterocycles. The summed E-state index contributed by atoms with van der Waals surface area (Å²) >= 11 is 0. The number of hydrogen-bond acceptors (Lipinski definition) is 5. The first-order valence-electron chi connectivity index (χ1n) is 9.57. The van der Waals surface area contributed by atoms with Gasteiger partial charge in [0.05, 0.1) is 22.9 Å². The number of carbonyl (C=O) groups is 1. The predicted molar refractivity (Wildman–Crippen MR) is 110 cm³/mol. The van der Waals surface area contributed by atoms with E-state index in [0.717, 1.165) is 18.2 Å². The maximum atomic E-state index is 12.9. The van der Waals surface area contributed by atoms with Crippen LogP contribution in [0.3, 0.4) is 0 Å². The van der Waals surface area contributed by atoms with Crippen LogP contribution in [0.5, 0.6) is 11.5 Å². The molecule has 9 heteroatoms. The van der Waals surface area contributed by atoms with Crippen molar-refractivity contribution in [3.05, 3.63) is 77.5 Å². The van der Waals surface area contributed by atoms with Crippen LogP contribution >= 0.6 is 0 Å². The van der Waals surface area contributed by atoms with Crippen molar-refractivity contribution >= 4 is 5.91 Å². The Bertz CT molecular complexity index is 1140. The van der Waals surface area contributed by atoms with Crippen LogP contribution in [0, 0.1) is 11.3 Å². The second-order valence-corrected chi connectivity index (χ2v) is 6.68. The number of ether oxygens (including phenoxy) is 1. The molecule has 6 nitrogen and oxygen atoms in total. The van der Waals surface area contributed by atoms with Gasteiger partial charge in [-0.3, -0.25) is 4.79 Å². The number of alkyl halides is 3. The van der Waals surface area contributed by atoms with Gasteiger partial charge in [-0.25, -0.2) is 4.98 Å². The van der Waals surface area contributed by atoms with E-state index < -0.39 is 17.3 Å². The molecule has 0 spiro atoms. The average Bonchev–Trinajstić information content (AvgIpc) is 2.79. The molecule has 2 aromatic carbocycles. The van der Waals surface area contributed by atoms with Crippen LogP contribution in [0.1, 0.15) is 28.0 Å². The van der Waals surface area contributed by atoms with Crippen LogP contribution < -0.4 is 10.1 Å². The Hall–Kier alpha value is -3.90. The summed E-state index contributed by atoms with van der Waals surface area (Å²) in [6.45, 7) is 0.317. The molecule has 164 valence electrons. The number of aliphatic hydroxyl groups excluding tert-OH is 1. The van der Waals surface area contributed by atoms with E-state index in [4.69, 9.17) is 15.1 Å². The predicted octanol–water partition coefficient (Wildman–Crippen LogP) is 4.54. The minimum Gasteiger partial charge on any atom is -0.457 e. The normalized spacial score (nSPS) is 11.0. The number of pyridine rings is 1. The van der Waals surface area contributed by atoms with E-state index in [1.807, 2.05) is 0 Å². The first-order chi connectivity index (χ1) is 15.3. The molecule has 0 saturated carbocycles. The number of aliphatic hydroxyl groups is 1. The van der Waals surface area contributed by atoms with Crippen molar-refractivity contribution in [2.75, 3.05) is 13.2 Å². The number of rotatable bonds is 7. The van der Waals surface area contributed by atoms with E-state index in [-0.39, 0.29) is 24.0 Å². The van der Waals surface area contributed by atoms with Crippen molar-refractivity contribution in [3.8, 4) is 28.8 Å². The molecule has 0 saturated heterocycles. The number of benzene rings is 2. The molecule has 0 fully saturated rings. The van der Waals surface area contributed by atoms with Gasteiger partial charge in [-0.2, -0.15) is 18.4 Å². The zero-order valence-electron chi connectivity index (χ0n) is 16.7. The first-order valence-corrected chi connectivity index (χ1v) is 9.57. The quantitative estimate of drug-likeness (QED) is 0.525. The van der Waals surface area contributed by atoms with E-state index in [9.17, 15) is 18.0 Å². The van der Waals surface area contributed by atoms with Crippen LogP contribution in [-0.2, 0) is 6.18 Å². The molecule has 0 bridgehead atoms. The summed E-state index contributed by atoms with van der Waals surface area (Å²) in [6, 6.07) is 16.1. The maximum Gasteiger partial charge on any atom is 0.417 e. The number of aromatic nitrogens is 1. The third kappa shape index (κ3) is 5.62. The van der Waals surface area contributed by atoms with Gasteiger partial charge in [0.2, 0.25) is 0 Å². The molecular weight excluding hydrogens is 423 g/mol. The Balaban J connectivity index is 1.74. The van der Waals surface area contributed by atoms with Gasteiger partial charge in [-0.1, -0.05) is 6.07 Å². The SMILES string of the molecule is N#Cc1cc(Oc2ccc(-c3cccc(C(=O)NCCCO)n3)cc2)ccc1C(F)(F)F. The van der Waals surface area contributed by atoms with E-state index in [0.29, 0.717) is 30.0 Å². The number of hydrogen-bond donors (Lipinski definition) is 2. The largest absolute Gasteiger partial charge is 0.457 e. The topological polar surface area (TPSA) is 95.2 Å². The lowest BCUT2D eigenvalue weighted by Gasteiger charge is -2.11. The molecule has 0 radical (unpaired) electrons. The highest BCUT2D eigenvalue weighted by Gasteiger charge is 2.33. The van der Waals surface area contributed by atoms with Gasteiger partial charge < -0.3 is 15.2 Å². The average molecular weight is 441 g/mol. The fourth-order valence-corrected chi connectivity index (χ4v) is 2.85. The molecule has 1 amide bonds. The molecule has 0 atom stereocenters. The molecule has 0 aliphatic carbocycles. The van der Waals surface area contributed by atoms with Gasteiger partial charge in [0.1, 0.15) is 17.2 Å². The zero-order chi connectivity index (χ0) is 23.1. The Kier molecular flexibility index (Phi) is 7.07. The molecule has 3 rings (SSSR count). The number of nitrogens with one attached hydrogen (secondary N) is 1. The van der Waals surface area contributed by atoms with Gasteiger partial charge in [0.25, 0.3) is 5.91 Å². The summed E-state index contributed by atoms with van der Waals surface area (Å²) < 4.78 is 44.3. The summed E-state index contributed by atoms with van der Waals surface area (Å²) in [5, 5.41) is 20.5. The van der Waals surface area contributed by atoms with Crippen molar-refractivity contribution in [1.29, 1.82) is 5.26 Å². The highest BCUT2D eigenvalue weighted by Crippen LogP contribution is 2.34. The number of nitrogens with zero attached hydrogens (tertiary/aromatic N) is 2. The van der Waals surface area contributed by atoms with Gasteiger partial charge in [0.15, 0.2) is 0 Å². The monoisotopic (exact) mass is 441 g/mol. The maximum absolute atomic E-state index is 12.9. The summed E-state index contributed by atoms with van der Waals surface area (Å²) in [4.78, 5) is 16.5. The fraction of sp³-hybridized carbons (Fsp3) is 0.174. The van der Waals surface area contributed by atoms with E-state index in [2.05, 4.69) is 10.3 Å². The summed E-state index contributed by atoms with van der Waals surface area (Å²) in [6.07, 6.45) is -4.18. The number of amides is 1. The van der Waals surface area contributed by atoms with Crippen LogP contribution in [0.15, 0.2) is 60.7 Å². The van der Waals surface area contributed by atoms with Crippen LogP contribution in [0.4, 0.5) is 13.2 Å². The van der Waals surface area contributed by atoms with Gasteiger partial charge >= 0.3 is 6.18 Å². The lowest BCUT2D eigenvalue weighted by Crippen LogP contribution is -2.25. The Labute approximate surface area is 181 Å². The third-order valence-corrected chi connectivity index (χ3v) is 4.40. The molecular formula is C23H18F3N3O3. The van der Waals surface area contributed by atoms with Crippen molar-refractivity contribution < 1.29 is 27.8 Å². The number of halogens is 3. The summed E-state index contributed by atoms with van der Waals surface area (Å²) in [5.74, 6) is 0.105. The number of nitriles is 1. The van der Waals surface area contributed by atoms with Crippen LogP contribution in [0.2, 0.25) is 0 Å². The van der Waals surface area contributed by atoms with Crippen molar-refractivity contribution in [2.24, 2.45) is 0 Å². The van der Waals surface area contributed by atoms with Crippen molar-refractivity contribution in [2.45, 2.75) is 12.6 Å². The first kappa shape index (κ1) is 22.8.